The highest BCUT2D eigenvalue weighted by molar-refractivity contribution is 5.98. The maximum Gasteiger partial charge on any atom is 0.308 e. The van der Waals surface area contributed by atoms with E-state index in [0.717, 1.165) is 44.9 Å². The maximum atomic E-state index is 13.6. The van der Waals surface area contributed by atoms with E-state index in [-0.39, 0.29) is 41.1 Å². The first kappa shape index (κ1) is 21.6. The number of methoxy groups -OCH3 is 1. The minimum absolute atomic E-state index is 0.0130. The first-order valence-corrected chi connectivity index (χ1v) is 11.6. The molecule has 0 heterocycles. The minimum Gasteiger partial charge on any atom is -0.469 e. The summed E-state index contributed by atoms with van der Waals surface area (Å²) in [4.78, 5) is 37.3. The molecule has 5 nitrogen and oxygen atoms in total. The third-order valence-corrected chi connectivity index (χ3v) is 9.46. The summed E-state index contributed by atoms with van der Waals surface area (Å²) in [6.45, 7) is 7.85. The van der Waals surface area contributed by atoms with Gasteiger partial charge in [0.2, 0.25) is 0 Å². The van der Waals surface area contributed by atoms with E-state index in [1.807, 2.05) is 13.0 Å². The first-order chi connectivity index (χ1) is 14.1. The Hall–Kier alpha value is -1.65. The third kappa shape index (κ3) is 3.06. The number of hydrogen-bond donors (Lipinski definition) is 0. The van der Waals surface area contributed by atoms with Crippen molar-refractivity contribution in [2.75, 3.05) is 7.11 Å². The smallest absolute Gasteiger partial charge is 0.308 e. The van der Waals surface area contributed by atoms with Crippen molar-refractivity contribution in [3.63, 3.8) is 0 Å². The van der Waals surface area contributed by atoms with Crippen LogP contribution in [0.5, 0.6) is 0 Å². The Morgan fingerprint density at radius 3 is 2.53 bits per heavy atom. The lowest BCUT2D eigenvalue weighted by Crippen LogP contribution is -2.52. The van der Waals surface area contributed by atoms with E-state index in [1.165, 1.54) is 19.6 Å². The Morgan fingerprint density at radius 1 is 1.13 bits per heavy atom. The lowest BCUT2D eigenvalue weighted by molar-refractivity contribution is -0.151. The van der Waals surface area contributed by atoms with Gasteiger partial charge in [-0.2, -0.15) is 0 Å². The molecule has 4 aliphatic rings. The first-order valence-electron chi connectivity index (χ1n) is 11.6. The molecule has 0 aromatic rings. The van der Waals surface area contributed by atoms with Crippen molar-refractivity contribution >= 4 is 17.7 Å². The van der Waals surface area contributed by atoms with E-state index in [4.69, 9.17) is 9.47 Å². The second-order valence-electron chi connectivity index (χ2n) is 10.7. The van der Waals surface area contributed by atoms with E-state index >= 15 is 0 Å². The zero-order valence-corrected chi connectivity index (χ0v) is 19.0. The molecule has 0 bridgehead atoms. The molecule has 3 unspecified atom stereocenters. The molecule has 0 saturated heterocycles. The molecule has 0 spiro atoms. The van der Waals surface area contributed by atoms with Crippen LogP contribution in [0.1, 0.15) is 72.6 Å². The van der Waals surface area contributed by atoms with Gasteiger partial charge in [0.05, 0.1) is 13.0 Å². The maximum absolute atomic E-state index is 13.6. The standard InChI is InChI=1S/C25H36O5/c1-14(23(28)29-5)19-8-9-20-18-7-6-16-12-17(30-15(2)26)10-11-24(16,3)21(18)13-22(27)25(19,20)4/h13-14,16-20H,6-12H2,1-5H3/t14?,16-,17-,18?,19-,20?,24+,25-/m1/s1. The average Bonchev–Trinajstić information content (AvgIpc) is 3.06. The quantitative estimate of drug-likeness (QED) is 0.634. The van der Waals surface area contributed by atoms with Gasteiger partial charge in [-0.15, -0.1) is 0 Å². The highest BCUT2D eigenvalue weighted by Crippen LogP contribution is 2.65. The molecule has 3 fully saturated rings. The molecule has 0 N–H and O–H groups in total. The predicted molar refractivity (Wildman–Crippen MR) is 112 cm³/mol. The number of ether oxygens (including phenoxy) is 2. The molecular formula is C25H36O5. The van der Waals surface area contributed by atoms with Crippen molar-refractivity contribution in [3.05, 3.63) is 11.6 Å². The van der Waals surface area contributed by atoms with Crippen LogP contribution in [-0.2, 0) is 23.9 Å². The summed E-state index contributed by atoms with van der Waals surface area (Å²) < 4.78 is 10.5. The molecule has 0 radical (unpaired) electrons. The summed E-state index contributed by atoms with van der Waals surface area (Å²) in [5.74, 6) is 0.795. The van der Waals surface area contributed by atoms with E-state index in [9.17, 15) is 14.4 Å². The van der Waals surface area contributed by atoms with Crippen LogP contribution in [0.25, 0.3) is 0 Å². The van der Waals surface area contributed by atoms with Gasteiger partial charge < -0.3 is 9.47 Å². The fourth-order valence-electron chi connectivity index (χ4n) is 7.80. The number of fused-ring (bicyclic) bond motifs is 5. The predicted octanol–water partition coefficient (Wildman–Crippen LogP) is 4.49. The van der Waals surface area contributed by atoms with Gasteiger partial charge in [-0.3, -0.25) is 14.4 Å². The zero-order chi connectivity index (χ0) is 21.8. The van der Waals surface area contributed by atoms with Crippen molar-refractivity contribution in [2.45, 2.75) is 78.7 Å². The van der Waals surface area contributed by atoms with Crippen molar-refractivity contribution in [1.82, 2.24) is 0 Å². The Morgan fingerprint density at radius 2 is 1.87 bits per heavy atom. The summed E-state index contributed by atoms with van der Waals surface area (Å²) in [5.41, 5.74) is 0.890. The van der Waals surface area contributed by atoms with Gasteiger partial charge in [0.15, 0.2) is 5.78 Å². The third-order valence-electron chi connectivity index (χ3n) is 9.46. The van der Waals surface area contributed by atoms with Crippen molar-refractivity contribution < 1.29 is 23.9 Å². The number of carbonyl (C=O) groups is 3. The van der Waals surface area contributed by atoms with Gasteiger partial charge in [0, 0.05) is 12.3 Å². The van der Waals surface area contributed by atoms with Gasteiger partial charge >= 0.3 is 11.9 Å². The SMILES string of the molecule is COC(=O)C(C)[C@H]1CCC2C3CC[C@@H]4C[C@H](OC(C)=O)CC[C@]4(C)C3=CC(=O)[C@@]21C. The topological polar surface area (TPSA) is 69.7 Å². The van der Waals surface area contributed by atoms with Gasteiger partial charge in [-0.1, -0.05) is 26.3 Å². The zero-order valence-electron chi connectivity index (χ0n) is 19.0. The van der Waals surface area contributed by atoms with Crippen LogP contribution in [0.15, 0.2) is 11.6 Å². The van der Waals surface area contributed by atoms with E-state index in [0.29, 0.717) is 17.8 Å². The van der Waals surface area contributed by atoms with Crippen molar-refractivity contribution in [2.24, 2.45) is 40.4 Å². The Labute approximate surface area is 179 Å². The normalized spacial score (nSPS) is 43.6. The summed E-state index contributed by atoms with van der Waals surface area (Å²) >= 11 is 0. The van der Waals surface area contributed by atoms with Gasteiger partial charge in [-0.25, -0.2) is 0 Å². The molecule has 4 rings (SSSR count). The van der Waals surface area contributed by atoms with Crippen LogP contribution in [0.4, 0.5) is 0 Å². The summed E-state index contributed by atoms with van der Waals surface area (Å²) in [6.07, 6.45) is 8.85. The fourth-order valence-corrected chi connectivity index (χ4v) is 7.80. The van der Waals surface area contributed by atoms with Crippen molar-refractivity contribution in [1.29, 1.82) is 0 Å². The summed E-state index contributed by atoms with van der Waals surface area (Å²) in [7, 11) is 1.43. The molecule has 30 heavy (non-hydrogen) atoms. The van der Waals surface area contributed by atoms with E-state index < -0.39 is 5.41 Å². The minimum atomic E-state index is -0.472. The van der Waals surface area contributed by atoms with Crippen molar-refractivity contribution in [3.8, 4) is 0 Å². The Bertz CT molecular complexity index is 784. The number of rotatable bonds is 3. The molecule has 0 aromatic carbocycles. The largest absolute Gasteiger partial charge is 0.469 e. The van der Waals surface area contributed by atoms with Crippen LogP contribution < -0.4 is 0 Å². The second-order valence-corrected chi connectivity index (χ2v) is 10.7. The number of hydrogen-bond acceptors (Lipinski definition) is 5. The summed E-state index contributed by atoms with van der Waals surface area (Å²) in [5, 5.41) is 0. The Kier molecular flexibility index (Phi) is 5.39. The lowest BCUT2D eigenvalue weighted by atomic mass is 9.48. The average molecular weight is 417 g/mol. The number of ketones is 1. The molecule has 0 aromatic heterocycles. The Balaban J connectivity index is 1.63. The van der Waals surface area contributed by atoms with Crippen LogP contribution >= 0.6 is 0 Å². The second kappa shape index (κ2) is 7.49. The molecular weight excluding hydrogens is 380 g/mol. The highest BCUT2D eigenvalue weighted by Gasteiger charge is 2.61. The lowest BCUT2D eigenvalue weighted by Gasteiger charge is -2.56. The molecule has 5 heteroatoms. The monoisotopic (exact) mass is 416 g/mol. The number of carbonyl (C=O) groups excluding carboxylic acids is 3. The number of esters is 2. The van der Waals surface area contributed by atoms with Gasteiger partial charge in [0.25, 0.3) is 0 Å². The van der Waals surface area contributed by atoms with Gasteiger partial charge in [0.1, 0.15) is 6.10 Å². The molecule has 3 saturated carbocycles. The van der Waals surface area contributed by atoms with Crippen LogP contribution in [0, 0.1) is 40.4 Å². The highest BCUT2D eigenvalue weighted by atomic mass is 16.5. The summed E-state index contributed by atoms with van der Waals surface area (Å²) in [6, 6.07) is 0. The van der Waals surface area contributed by atoms with Crippen LogP contribution in [0.2, 0.25) is 0 Å². The molecule has 4 aliphatic carbocycles. The van der Waals surface area contributed by atoms with Crippen LogP contribution in [0.3, 0.4) is 0 Å². The van der Waals surface area contributed by atoms with Crippen LogP contribution in [-0.4, -0.2) is 30.9 Å². The van der Waals surface area contributed by atoms with Gasteiger partial charge in [-0.05, 0) is 80.1 Å². The molecule has 0 amide bonds. The molecule has 0 aliphatic heterocycles. The molecule has 166 valence electrons. The van der Waals surface area contributed by atoms with E-state index in [2.05, 4.69) is 13.8 Å². The van der Waals surface area contributed by atoms with E-state index in [1.54, 1.807) is 0 Å². The molecule has 8 atom stereocenters. The fraction of sp³-hybridized carbons (Fsp3) is 0.800. The number of allylic oxidation sites excluding steroid dienone is 2.